The van der Waals surface area contributed by atoms with Crippen LogP contribution in [-0.2, 0) is 25.7 Å². The molecule has 9 nitrogen and oxygen atoms in total. The van der Waals surface area contributed by atoms with Crippen LogP contribution in [0.2, 0.25) is 0 Å². The Kier molecular flexibility index (Phi) is 6.85. The zero-order chi connectivity index (χ0) is 18.6. The predicted octanol–water partition coefficient (Wildman–Crippen LogP) is -0.199. The number of halogens is 1. The number of nitrogens with zero attached hydrogens (tertiary/aromatic N) is 2. The summed E-state index contributed by atoms with van der Waals surface area (Å²) in [5, 5.41) is 10.4. The molecule has 25 heavy (non-hydrogen) atoms. The van der Waals surface area contributed by atoms with Crippen LogP contribution in [0.5, 0.6) is 0 Å². The molecule has 1 aliphatic rings. The van der Waals surface area contributed by atoms with Crippen molar-refractivity contribution in [2.45, 2.75) is 52.0 Å². The first-order chi connectivity index (χ1) is 11.9. The molecule has 142 valence electrons. The van der Waals surface area contributed by atoms with Gasteiger partial charge in [0.05, 0.1) is 12.3 Å². The second-order valence-corrected chi connectivity index (χ2v) is 5.49. The van der Waals surface area contributed by atoms with Gasteiger partial charge in [-0.1, -0.05) is 0 Å². The maximum atomic E-state index is 13.9. The molecule has 0 saturated carbocycles. The zero-order valence-corrected chi connectivity index (χ0v) is 14.4. The molecule has 0 unspecified atom stereocenters. The van der Waals surface area contributed by atoms with E-state index in [2.05, 4.69) is 0 Å². The maximum absolute atomic E-state index is 13.9. The van der Waals surface area contributed by atoms with Gasteiger partial charge >= 0.3 is 5.69 Å². The first kappa shape index (κ1) is 19.7. The molecule has 2 rings (SSSR count). The standard InChI is InChI=1S/C15H23FN2O7/c1-4-22-7-18-13(20)10(16)6-17(15(18)21)14-11(19)12(9(3)25-14)24-8-23-5-2/h6,9,11-12,14,19H,4-5,7-8H2,1-3H3/t9-,11-,12-,14-/m1/s1. The molecule has 1 aliphatic heterocycles. The van der Waals surface area contributed by atoms with Crippen molar-refractivity contribution in [3.8, 4) is 0 Å². The second kappa shape index (κ2) is 8.68. The van der Waals surface area contributed by atoms with Crippen LogP contribution in [0, 0.1) is 5.82 Å². The first-order valence-electron chi connectivity index (χ1n) is 8.04. The van der Waals surface area contributed by atoms with Crippen molar-refractivity contribution in [3.63, 3.8) is 0 Å². The molecule has 0 amide bonds. The SMILES string of the molecule is CCOCO[C@H]1[C@@H](O)[C@H](n2cc(F)c(=O)n(COCC)c2=O)O[C@@H]1C. The second-order valence-electron chi connectivity index (χ2n) is 5.49. The lowest BCUT2D eigenvalue weighted by molar-refractivity contribution is -0.121. The molecule has 0 bridgehead atoms. The van der Waals surface area contributed by atoms with Crippen molar-refractivity contribution in [2.24, 2.45) is 0 Å². The number of hydrogen-bond donors (Lipinski definition) is 1. The van der Waals surface area contributed by atoms with E-state index in [1.807, 2.05) is 0 Å². The average molecular weight is 362 g/mol. The summed E-state index contributed by atoms with van der Waals surface area (Å²) in [5.74, 6) is -1.15. The molecule has 0 radical (unpaired) electrons. The Morgan fingerprint density at radius 2 is 1.96 bits per heavy atom. The highest BCUT2D eigenvalue weighted by atomic mass is 19.1. The lowest BCUT2D eigenvalue weighted by Gasteiger charge is -2.20. The third kappa shape index (κ3) is 4.15. The Morgan fingerprint density at radius 1 is 1.28 bits per heavy atom. The van der Waals surface area contributed by atoms with Crippen LogP contribution in [0.3, 0.4) is 0 Å². The normalized spacial score (nSPS) is 26.3. The molecular weight excluding hydrogens is 339 g/mol. The van der Waals surface area contributed by atoms with Crippen LogP contribution >= 0.6 is 0 Å². The minimum Gasteiger partial charge on any atom is -0.386 e. The van der Waals surface area contributed by atoms with Crippen molar-refractivity contribution in [1.29, 1.82) is 0 Å². The summed E-state index contributed by atoms with van der Waals surface area (Å²) in [6, 6.07) is 0. The van der Waals surface area contributed by atoms with Gasteiger partial charge < -0.3 is 24.1 Å². The van der Waals surface area contributed by atoms with Crippen molar-refractivity contribution >= 4 is 0 Å². The highest BCUT2D eigenvalue weighted by molar-refractivity contribution is 4.96. The number of aliphatic hydroxyl groups is 1. The Balaban J connectivity index is 2.30. The Labute approximate surface area is 143 Å². The molecule has 4 atom stereocenters. The van der Waals surface area contributed by atoms with E-state index in [9.17, 15) is 19.1 Å². The quantitative estimate of drug-likeness (QED) is 0.505. The van der Waals surface area contributed by atoms with Crippen LogP contribution in [-0.4, -0.2) is 52.6 Å². The summed E-state index contributed by atoms with van der Waals surface area (Å²) in [6.45, 7) is 5.36. The van der Waals surface area contributed by atoms with Gasteiger partial charge in [0.25, 0.3) is 5.56 Å². The first-order valence-corrected chi connectivity index (χ1v) is 8.04. The largest absolute Gasteiger partial charge is 0.386 e. The molecule has 1 fully saturated rings. The number of rotatable bonds is 8. The van der Waals surface area contributed by atoms with E-state index in [4.69, 9.17) is 18.9 Å². The minimum atomic E-state index is -1.24. The Hall–Kier alpha value is -1.59. The highest BCUT2D eigenvalue weighted by Gasteiger charge is 2.44. The number of ether oxygens (including phenoxy) is 4. The van der Waals surface area contributed by atoms with E-state index in [0.29, 0.717) is 11.2 Å². The summed E-state index contributed by atoms with van der Waals surface area (Å²) in [7, 11) is 0. The third-order valence-corrected chi connectivity index (χ3v) is 3.85. The third-order valence-electron chi connectivity index (χ3n) is 3.85. The van der Waals surface area contributed by atoms with E-state index >= 15 is 0 Å². The molecule has 2 heterocycles. The van der Waals surface area contributed by atoms with Gasteiger partial charge in [0.2, 0.25) is 5.82 Å². The smallest absolute Gasteiger partial charge is 0.335 e. The zero-order valence-electron chi connectivity index (χ0n) is 14.4. The van der Waals surface area contributed by atoms with Gasteiger partial charge in [0, 0.05) is 13.2 Å². The van der Waals surface area contributed by atoms with Crippen LogP contribution in [0.4, 0.5) is 4.39 Å². The van der Waals surface area contributed by atoms with E-state index < -0.39 is 48.3 Å². The number of aromatic nitrogens is 2. The molecule has 1 N–H and O–H groups in total. The van der Waals surface area contributed by atoms with E-state index in [0.717, 1.165) is 10.8 Å². The lowest BCUT2D eigenvalue weighted by Crippen LogP contribution is -2.45. The topological polar surface area (TPSA) is 101 Å². The summed E-state index contributed by atoms with van der Waals surface area (Å²) in [6.07, 6.45) is -3.05. The fourth-order valence-corrected chi connectivity index (χ4v) is 2.56. The lowest BCUT2D eigenvalue weighted by atomic mass is 10.1. The minimum absolute atomic E-state index is 0.0499. The summed E-state index contributed by atoms with van der Waals surface area (Å²) < 4.78 is 36.4. The summed E-state index contributed by atoms with van der Waals surface area (Å²) in [4.78, 5) is 24.3. The molecule has 1 saturated heterocycles. The van der Waals surface area contributed by atoms with Gasteiger partial charge in [-0.05, 0) is 20.8 Å². The fraction of sp³-hybridized carbons (Fsp3) is 0.733. The summed E-state index contributed by atoms with van der Waals surface area (Å²) in [5.41, 5.74) is -1.94. The average Bonchev–Trinajstić information content (AvgIpc) is 2.86. The van der Waals surface area contributed by atoms with Gasteiger partial charge in [-0.2, -0.15) is 4.39 Å². The molecule has 1 aromatic heterocycles. The predicted molar refractivity (Wildman–Crippen MR) is 83.5 cm³/mol. The van der Waals surface area contributed by atoms with E-state index in [1.165, 1.54) is 0 Å². The van der Waals surface area contributed by atoms with E-state index in [-0.39, 0.29) is 13.4 Å². The van der Waals surface area contributed by atoms with Crippen molar-refractivity contribution in [3.05, 3.63) is 32.9 Å². The molecule has 1 aromatic rings. The Morgan fingerprint density at radius 3 is 2.60 bits per heavy atom. The maximum Gasteiger partial charge on any atom is 0.335 e. The van der Waals surface area contributed by atoms with Crippen LogP contribution in [0.15, 0.2) is 15.8 Å². The Bertz CT molecular complexity index is 689. The molecule has 0 aromatic carbocycles. The van der Waals surface area contributed by atoms with Gasteiger partial charge in [-0.25, -0.2) is 9.36 Å². The van der Waals surface area contributed by atoms with Gasteiger partial charge in [0.1, 0.15) is 25.7 Å². The van der Waals surface area contributed by atoms with Crippen LogP contribution in [0.25, 0.3) is 0 Å². The van der Waals surface area contributed by atoms with Gasteiger partial charge in [-0.15, -0.1) is 0 Å². The monoisotopic (exact) mass is 362 g/mol. The van der Waals surface area contributed by atoms with E-state index in [1.54, 1.807) is 20.8 Å². The van der Waals surface area contributed by atoms with Crippen LogP contribution < -0.4 is 11.2 Å². The molecule has 10 heteroatoms. The van der Waals surface area contributed by atoms with Crippen molar-refractivity contribution in [2.75, 3.05) is 20.0 Å². The number of hydrogen-bond acceptors (Lipinski definition) is 7. The molecular formula is C15H23FN2O7. The van der Waals surface area contributed by atoms with Gasteiger partial charge in [-0.3, -0.25) is 9.36 Å². The number of aliphatic hydroxyl groups excluding tert-OH is 1. The van der Waals surface area contributed by atoms with Crippen LogP contribution in [0.1, 0.15) is 27.0 Å². The molecule has 0 spiro atoms. The van der Waals surface area contributed by atoms with Crippen molar-refractivity contribution in [1.82, 2.24) is 9.13 Å². The highest BCUT2D eigenvalue weighted by Crippen LogP contribution is 2.30. The summed E-state index contributed by atoms with van der Waals surface area (Å²) >= 11 is 0. The molecule has 0 aliphatic carbocycles. The fourth-order valence-electron chi connectivity index (χ4n) is 2.56. The van der Waals surface area contributed by atoms with Gasteiger partial charge in [0.15, 0.2) is 6.23 Å². The van der Waals surface area contributed by atoms with Crippen molar-refractivity contribution < 1.29 is 28.4 Å².